The highest BCUT2D eigenvalue weighted by atomic mass is 35.5. The van der Waals surface area contributed by atoms with Gasteiger partial charge in [0.15, 0.2) is 0 Å². The van der Waals surface area contributed by atoms with Gasteiger partial charge in [0.25, 0.3) is 0 Å². The van der Waals surface area contributed by atoms with Gasteiger partial charge >= 0.3 is 0 Å². The summed E-state index contributed by atoms with van der Waals surface area (Å²) in [6.07, 6.45) is 5.49. The Labute approximate surface area is 107 Å². The largest absolute Gasteiger partial charge is 0.397 e. The Morgan fingerprint density at radius 2 is 2.12 bits per heavy atom. The summed E-state index contributed by atoms with van der Waals surface area (Å²) in [4.78, 5) is 0. The molecule has 1 aromatic rings. The second-order valence-corrected chi connectivity index (χ2v) is 4.87. The SMILES string of the molecule is Nc1ccc(Cl)cc1NCCOC1CCCC1. The molecule has 0 atom stereocenters. The van der Waals surface area contributed by atoms with Crippen LogP contribution in [0, 0.1) is 0 Å². The van der Waals surface area contributed by atoms with Gasteiger partial charge in [-0.25, -0.2) is 0 Å². The van der Waals surface area contributed by atoms with Crippen LogP contribution in [-0.2, 0) is 4.74 Å². The maximum Gasteiger partial charge on any atom is 0.0642 e. The molecule has 0 spiro atoms. The third-order valence-corrected chi connectivity index (χ3v) is 3.32. The van der Waals surface area contributed by atoms with Gasteiger partial charge in [0.05, 0.1) is 24.1 Å². The van der Waals surface area contributed by atoms with Gasteiger partial charge in [0.2, 0.25) is 0 Å². The molecule has 0 bridgehead atoms. The fourth-order valence-electron chi connectivity index (χ4n) is 2.15. The Hall–Kier alpha value is -0.930. The van der Waals surface area contributed by atoms with Crippen LogP contribution in [0.15, 0.2) is 18.2 Å². The Morgan fingerprint density at radius 1 is 1.35 bits per heavy atom. The molecule has 3 nitrogen and oxygen atoms in total. The summed E-state index contributed by atoms with van der Waals surface area (Å²) in [5.74, 6) is 0. The molecule has 4 heteroatoms. The normalized spacial score (nSPS) is 16.3. The molecule has 2 rings (SSSR count). The first-order valence-electron chi connectivity index (χ1n) is 6.16. The first-order chi connectivity index (χ1) is 8.25. The van der Waals surface area contributed by atoms with Gasteiger partial charge in [-0.15, -0.1) is 0 Å². The van der Waals surface area contributed by atoms with Gasteiger partial charge in [0.1, 0.15) is 0 Å². The highest BCUT2D eigenvalue weighted by Crippen LogP contribution is 2.23. The highest BCUT2D eigenvalue weighted by molar-refractivity contribution is 6.31. The predicted molar refractivity (Wildman–Crippen MR) is 72.6 cm³/mol. The molecular weight excluding hydrogens is 236 g/mol. The average molecular weight is 255 g/mol. The van der Waals surface area contributed by atoms with Crippen molar-refractivity contribution in [1.29, 1.82) is 0 Å². The van der Waals surface area contributed by atoms with Crippen LogP contribution in [0.5, 0.6) is 0 Å². The van der Waals surface area contributed by atoms with Crippen molar-refractivity contribution in [2.24, 2.45) is 0 Å². The van der Waals surface area contributed by atoms with E-state index >= 15 is 0 Å². The van der Waals surface area contributed by atoms with Gasteiger partial charge in [-0.1, -0.05) is 24.4 Å². The summed E-state index contributed by atoms with van der Waals surface area (Å²) in [7, 11) is 0. The molecule has 0 radical (unpaired) electrons. The third kappa shape index (κ3) is 3.79. The second kappa shape index (κ2) is 6.12. The number of ether oxygens (including phenoxy) is 1. The number of benzene rings is 1. The van der Waals surface area contributed by atoms with Crippen molar-refractivity contribution in [2.75, 3.05) is 24.2 Å². The molecule has 0 aliphatic heterocycles. The summed E-state index contributed by atoms with van der Waals surface area (Å²) in [5.41, 5.74) is 7.43. The van der Waals surface area contributed by atoms with Gasteiger partial charge in [0, 0.05) is 11.6 Å². The molecule has 0 amide bonds. The number of anilines is 2. The molecule has 94 valence electrons. The fraction of sp³-hybridized carbons (Fsp3) is 0.538. The van der Waals surface area contributed by atoms with E-state index in [1.54, 1.807) is 6.07 Å². The number of nitrogens with two attached hydrogens (primary N) is 1. The van der Waals surface area contributed by atoms with E-state index in [4.69, 9.17) is 22.1 Å². The Kier molecular flexibility index (Phi) is 4.51. The number of rotatable bonds is 5. The molecular formula is C13H19ClN2O. The molecule has 0 heterocycles. The number of hydrogen-bond acceptors (Lipinski definition) is 3. The smallest absolute Gasteiger partial charge is 0.0642 e. The lowest BCUT2D eigenvalue weighted by molar-refractivity contribution is 0.0659. The number of hydrogen-bond donors (Lipinski definition) is 2. The Bertz CT molecular complexity index is 364. The van der Waals surface area contributed by atoms with Crippen molar-refractivity contribution in [3.05, 3.63) is 23.2 Å². The minimum atomic E-state index is 0.466. The zero-order valence-corrected chi connectivity index (χ0v) is 10.7. The molecule has 1 aromatic carbocycles. The molecule has 1 aliphatic carbocycles. The lowest BCUT2D eigenvalue weighted by Crippen LogP contribution is -2.15. The summed E-state index contributed by atoms with van der Waals surface area (Å²) in [5, 5.41) is 3.94. The monoisotopic (exact) mass is 254 g/mol. The molecule has 3 N–H and O–H groups in total. The molecule has 17 heavy (non-hydrogen) atoms. The van der Waals surface area contributed by atoms with Crippen LogP contribution in [0.1, 0.15) is 25.7 Å². The van der Waals surface area contributed by atoms with E-state index in [9.17, 15) is 0 Å². The van der Waals surface area contributed by atoms with E-state index in [0.29, 0.717) is 11.1 Å². The Balaban J connectivity index is 1.72. The molecule has 0 unspecified atom stereocenters. The topological polar surface area (TPSA) is 47.3 Å². The van der Waals surface area contributed by atoms with Crippen LogP contribution in [0.4, 0.5) is 11.4 Å². The number of nitrogen functional groups attached to an aromatic ring is 1. The van der Waals surface area contributed by atoms with E-state index in [0.717, 1.165) is 24.5 Å². The lowest BCUT2D eigenvalue weighted by atomic mass is 10.2. The average Bonchev–Trinajstić information content (AvgIpc) is 2.82. The number of nitrogens with one attached hydrogen (secondary N) is 1. The minimum absolute atomic E-state index is 0.466. The van der Waals surface area contributed by atoms with Crippen molar-refractivity contribution >= 4 is 23.0 Å². The van der Waals surface area contributed by atoms with Crippen molar-refractivity contribution in [3.8, 4) is 0 Å². The summed E-state index contributed by atoms with van der Waals surface area (Å²) >= 11 is 5.91. The van der Waals surface area contributed by atoms with Crippen molar-refractivity contribution < 1.29 is 4.74 Å². The van der Waals surface area contributed by atoms with Crippen molar-refractivity contribution in [3.63, 3.8) is 0 Å². The summed E-state index contributed by atoms with van der Waals surface area (Å²) in [6, 6.07) is 5.44. The van der Waals surface area contributed by atoms with Crippen LogP contribution in [0.2, 0.25) is 5.02 Å². The van der Waals surface area contributed by atoms with Crippen LogP contribution in [0.25, 0.3) is 0 Å². The van der Waals surface area contributed by atoms with Crippen LogP contribution < -0.4 is 11.1 Å². The van der Waals surface area contributed by atoms with Gasteiger partial charge in [-0.3, -0.25) is 0 Å². The van der Waals surface area contributed by atoms with Crippen molar-refractivity contribution in [1.82, 2.24) is 0 Å². The van der Waals surface area contributed by atoms with Gasteiger partial charge < -0.3 is 15.8 Å². The second-order valence-electron chi connectivity index (χ2n) is 4.44. The van der Waals surface area contributed by atoms with Crippen LogP contribution in [0.3, 0.4) is 0 Å². The van der Waals surface area contributed by atoms with E-state index in [1.165, 1.54) is 25.7 Å². The van der Waals surface area contributed by atoms with E-state index in [2.05, 4.69) is 5.32 Å². The summed E-state index contributed by atoms with van der Waals surface area (Å²) in [6.45, 7) is 1.48. The predicted octanol–water partition coefficient (Wildman–Crippen LogP) is 3.29. The van der Waals surface area contributed by atoms with E-state index in [-0.39, 0.29) is 0 Å². The van der Waals surface area contributed by atoms with Crippen LogP contribution >= 0.6 is 11.6 Å². The molecule has 1 aliphatic rings. The fourth-order valence-corrected chi connectivity index (χ4v) is 2.32. The number of halogens is 1. The third-order valence-electron chi connectivity index (χ3n) is 3.09. The van der Waals surface area contributed by atoms with E-state index in [1.807, 2.05) is 12.1 Å². The highest BCUT2D eigenvalue weighted by Gasteiger charge is 2.14. The van der Waals surface area contributed by atoms with Crippen molar-refractivity contribution in [2.45, 2.75) is 31.8 Å². The minimum Gasteiger partial charge on any atom is -0.397 e. The zero-order valence-electron chi connectivity index (χ0n) is 9.92. The first-order valence-corrected chi connectivity index (χ1v) is 6.54. The Morgan fingerprint density at radius 3 is 2.88 bits per heavy atom. The molecule has 0 saturated heterocycles. The maximum atomic E-state index is 5.91. The molecule has 0 aromatic heterocycles. The molecule has 1 saturated carbocycles. The first kappa shape index (κ1) is 12.5. The lowest BCUT2D eigenvalue weighted by Gasteiger charge is -2.13. The zero-order chi connectivity index (χ0) is 12.1. The van der Waals surface area contributed by atoms with Gasteiger partial charge in [-0.2, -0.15) is 0 Å². The standard InChI is InChI=1S/C13H19ClN2O/c14-10-5-6-12(15)13(9-10)16-7-8-17-11-3-1-2-4-11/h5-6,9,11,16H,1-4,7-8,15H2. The quantitative estimate of drug-likeness (QED) is 0.626. The maximum absolute atomic E-state index is 5.91. The summed E-state index contributed by atoms with van der Waals surface area (Å²) < 4.78 is 5.76. The molecule has 1 fully saturated rings. The van der Waals surface area contributed by atoms with Gasteiger partial charge in [-0.05, 0) is 31.0 Å². The van der Waals surface area contributed by atoms with Crippen LogP contribution in [-0.4, -0.2) is 19.3 Å². The van der Waals surface area contributed by atoms with E-state index < -0.39 is 0 Å².